The van der Waals surface area contributed by atoms with Crippen molar-refractivity contribution in [2.75, 3.05) is 14.2 Å². The van der Waals surface area contributed by atoms with Crippen LogP contribution in [0.2, 0.25) is 0 Å². The van der Waals surface area contributed by atoms with Crippen molar-refractivity contribution in [3.8, 4) is 0 Å². The first-order chi connectivity index (χ1) is 7.58. The molecule has 90 valence electrons. The van der Waals surface area contributed by atoms with E-state index in [9.17, 15) is 9.59 Å². The van der Waals surface area contributed by atoms with Crippen molar-refractivity contribution < 1.29 is 24.2 Å². The number of carbonyl (C=O) groups excluding carboxylic acids is 1. The predicted molar refractivity (Wildman–Crippen MR) is 55.9 cm³/mol. The van der Waals surface area contributed by atoms with E-state index >= 15 is 0 Å². The summed E-state index contributed by atoms with van der Waals surface area (Å²) in [4.78, 5) is 22.2. The van der Waals surface area contributed by atoms with Crippen molar-refractivity contribution in [3.05, 3.63) is 11.6 Å². The van der Waals surface area contributed by atoms with E-state index in [-0.39, 0.29) is 18.1 Å². The highest BCUT2D eigenvalue weighted by Crippen LogP contribution is 2.31. The second kappa shape index (κ2) is 5.77. The van der Waals surface area contributed by atoms with Crippen molar-refractivity contribution in [1.29, 1.82) is 0 Å². The molecule has 1 fully saturated rings. The number of allylic oxidation sites excluding steroid dienone is 1. The van der Waals surface area contributed by atoms with Crippen LogP contribution in [-0.2, 0) is 19.1 Å². The lowest BCUT2D eigenvalue weighted by Gasteiger charge is -2.12. The molecule has 0 aliphatic heterocycles. The minimum Gasteiger partial charge on any atom is -0.481 e. The number of methoxy groups -OCH3 is 2. The molecule has 0 amide bonds. The second-order valence-corrected chi connectivity index (χ2v) is 3.72. The Labute approximate surface area is 94.0 Å². The first-order valence-corrected chi connectivity index (χ1v) is 5.10. The summed E-state index contributed by atoms with van der Waals surface area (Å²) < 4.78 is 9.93. The molecule has 0 heterocycles. The van der Waals surface area contributed by atoms with Crippen LogP contribution in [0.3, 0.4) is 0 Å². The largest absolute Gasteiger partial charge is 0.481 e. The molecular weight excluding hydrogens is 212 g/mol. The van der Waals surface area contributed by atoms with Gasteiger partial charge < -0.3 is 14.6 Å². The average molecular weight is 228 g/mol. The molecular formula is C11H16O5. The minimum absolute atomic E-state index is 0.00894. The molecule has 0 spiro atoms. The quantitative estimate of drug-likeness (QED) is 0.561. The van der Waals surface area contributed by atoms with Crippen molar-refractivity contribution in [3.63, 3.8) is 0 Å². The van der Waals surface area contributed by atoms with Gasteiger partial charge in [0.1, 0.15) is 0 Å². The van der Waals surface area contributed by atoms with Crippen LogP contribution < -0.4 is 0 Å². The Bertz CT molecular complexity index is 303. The third-order valence-electron chi connectivity index (χ3n) is 2.68. The van der Waals surface area contributed by atoms with E-state index < -0.39 is 12.3 Å². The van der Waals surface area contributed by atoms with Gasteiger partial charge in [0.2, 0.25) is 0 Å². The number of aliphatic carboxylic acids is 1. The molecule has 0 radical (unpaired) electrons. The van der Waals surface area contributed by atoms with Crippen LogP contribution in [0, 0.1) is 5.92 Å². The van der Waals surface area contributed by atoms with Crippen molar-refractivity contribution in [2.45, 2.75) is 25.6 Å². The zero-order valence-corrected chi connectivity index (χ0v) is 9.43. The van der Waals surface area contributed by atoms with E-state index in [1.54, 1.807) is 6.08 Å². The van der Waals surface area contributed by atoms with Crippen LogP contribution in [-0.4, -0.2) is 37.4 Å². The molecule has 1 saturated carbocycles. The number of hydrogen-bond donors (Lipinski definition) is 1. The first-order valence-electron chi connectivity index (χ1n) is 5.10. The molecule has 1 aliphatic rings. The van der Waals surface area contributed by atoms with Gasteiger partial charge >= 0.3 is 5.97 Å². The Balaban J connectivity index is 2.79. The number of hydrogen-bond acceptors (Lipinski definition) is 4. The third-order valence-corrected chi connectivity index (χ3v) is 2.68. The van der Waals surface area contributed by atoms with Gasteiger partial charge in [0.05, 0.1) is 6.42 Å². The van der Waals surface area contributed by atoms with Gasteiger partial charge in [-0.3, -0.25) is 9.59 Å². The highest BCUT2D eigenvalue weighted by molar-refractivity contribution is 5.98. The van der Waals surface area contributed by atoms with Crippen molar-refractivity contribution in [1.82, 2.24) is 0 Å². The molecule has 1 atom stereocenters. The lowest BCUT2D eigenvalue weighted by atomic mass is 9.98. The average Bonchev–Trinajstić information content (AvgIpc) is 2.56. The molecule has 0 saturated heterocycles. The topological polar surface area (TPSA) is 72.8 Å². The Kier molecular flexibility index (Phi) is 4.64. The van der Waals surface area contributed by atoms with Gasteiger partial charge in [-0.05, 0) is 24.0 Å². The van der Waals surface area contributed by atoms with Crippen molar-refractivity contribution >= 4 is 11.8 Å². The number of rotatable bonds is 5. The first kappa shape index (κ1) is 12.9. The van der Waals surface area contributed by atoms with Gasteiger partial charge in [0.25, 0.3) is 0 Å². The number of carbonyl (C=O) groups is 2. The second-order valence-electron chi connectivity index (χ2n) is 3.72. The maximum atomic E-state index is 11.6. The smallest absolute Gasteiger partial charge is 0.303 e. The van der Waals surface area contributed by atoms with Crippen LogP contribution in [0.4, 0.5) is 0 Å². The molecule has 0 bridgehead atoms. The summed E-state index contributed by atoms with van der Waals surface area (Å²) in [7, 11) is 2.94. The van der Waals surface area contributed by atoms with Crippen LogP contribution in [0.25, 0.3) is 0 Å². The van der Waals surface area contributed by atoms with E-state index in [0.29, 0.717) is 18.4 Å². The van der Waals surface area contributed by atoms with Gasteiger partial charge in [0.15, 0.2) is 12.1 Å². The monoisotopic (exact) mass is 228 g/mol. The Hall–Kier alpha value is -1.20. The fraction of sp³-hybridized carbons (Fsp3) is 0.636. The minimum atomic E-state index is -0.892. The van der Waals surface area contributed by atoms with Crippen molar-refractivity contribution in [2.24, 2.45) is 5.92 Å². The predicted octanol–water partition coefficient (Wildman–Crippen LogP) is 0.986. The number of carboxylic acids is 1. The summed E-state index contributed by atoms with van der Waals surface area (Å²) in [6, 6.07) is 0. The molecule has 1 unspecified atom stereocenters. The standard InChI is InChI=1S/C11H16O5/c1-15-11(16-2)6-8-7(5-10(13)14)3-4-9(8)12/h6-7,11H,3-5H2,1-2H3,(H,13,14). The highest BCUT2D eigenvalue weighted by Gasteiger charge is 2.30. The Morgan fingerprint density at radius 2 is 2.19 bits per heavy atom. The molecule has 16 heavy (non-hydrogen) atoms. The van der Waals surface area contributed by atoms with E-state index in [1.165, 1.54) is 14.2 Å². The molecule has 5 heteroatoms. The lowest BCUT2D eigenvalue weighted by molar-refractivity contribution is -0.137. The Morgan fingerprint density at radius 1 is 1.56 bits per heavy atom. The SMILES string of the molecule is COC(C=C1C(=O)CCC1CC(=O)O)OC. The number of Topliss-reactive ketones (excluding diaryl/α,β-unsaturated/α-hetero) is 1. The summed E-state index contributed by atoms with van der Waals surface area (Å²) in [6.07, 6.45) is 1.97. The summed E-state index contributed by atoms with van der Waals surface area (Å²) >= 11 is 0. The fourth-order valence-electron chi connectivity index (χ4n) is 1.86. The van der Waals surface area contributed by atoms with Gasteiger partial charge in [-0.2, -0.15) is 0 Å². The molecule has 1 rings (SSSR count). The van der Waals surface area contributed by atoms with Crippen LogP contribution in [0.15, 0.2) is 11.6 Å². The van der Waals surface area contributed by atoms with E-state index in [1.807, 2.05) is 0 Å². The molecule has 1 N–H and O–H groups in total. The highest BCUT2D eigenvalue weighted by atomic mass is 16.7. The molecule has 5 nitrogen and oxygen atoms in total. The van der Waals surface area contributed by atoms with Gasteiger partial charge in [-0.15, -0.1) is 0 Å². The Morgan fingerprint density at radius 3 is 2.69 bits per heavy atom. The maximum absolute atomic E-state index is 11.6. The van der Waals surface area contributed by atoms with Gasteiger partial charge in [-0.25, -0.2) is 0 Å². The van der Waals surface area contributed by atoms with Crippen LogP contribution in [0.1, 0.15) is 19.3 Å². The third kappa shape index (κ3) is 3.15. The van der Waals surface area contributed by atoms with E-state index in [2.05, 4.69) is 0 Å². The molecule has 0 aromatic carbocycles. The zero-order valence-electron chi connectivity index (χ0n) is 9.43. The molecule has 0 aromatic rings. The molecule has 1 aliphatic carbocycles. The lowest BCUT2D eigenvalue weighted by Crippen LogP contribution is -2.15. The van der Waals surface area contributed by atoms with Crippen LogP contribution in [0.5, 0.6) is 0 Å². The van der Waals surface area contributed by atoms with Gasteiger partial charge in [0, 0.05) is 20.6 Å². The molecule has 0 aromatic heterocycles. The summed E-state index contributed by atoms with van der Waals surface area (Å²) in [5.41, 5.74) is 0.524. The zero-order chi connectivity index (χ0) is 12.1. The summed E-state index contributed by atoms with van der Waals surface area (Å²) in [5.74, 6) is -1.11. The summed E-state index contributed by atoms with van der Waals surface area (Å²) in [5, 5.41) is 8.73. The fourth-order valence-corrected chi connectivity index (χ4v) is 1.86. The summed E-state index contributed by atoms with van der Waals surface area (Å²) in [6.45, 7) is 0. The van der Waals surface area contributed by atoms with E-state index in [4.69, 9.17) is 14.6 Å². The maximum Gasteiger partial charge on any atom is 0.303 e. The number of ketones is 1. The van der Waals surface area contributed by atoms with E-state index in [0.717, 1.165) is 0 Å². The number of ether oxygens (including phenoxy) is 2. The van der Waals surface area contributed by atoms with Gasteiger partial charge in [-0.1, -0.05) is 0 Å². The van der Waals surface area contributed by atoms with Crippen LogP contribution >= 0.6 is 0 Å². The normalized spacial score (nSPS) is 23.3. The number of carboxylic acid groups (broad SMARTS) is 1.